The first-order valence-electron chi connectivity index (χ1n) is 6.76. The van der Waals surface area contributed by atoms with Gasteiger partial charge in [-0.15, -0.1) is 0 Å². The van der Waals surface area contributed by atoms with E-state index in [1.807, 2.05) is 42.5 Å². The van der Waals surface area contributed by atoms with Crippen molar-refractivity contribution < 1.29 is 19.0 Å². The molecule has 0 aromatic heterocycles. The summed E-state index contributed by atoms with van der Waals surface area (Å²) in [6.07, 6.45) is 3.84. The average Bonchev–Trinajstić information content (AvgIpc) is 2.59. The van der Waals surface area contributed by atoms with E-state index in [0.717, 1.165) is 22.6 Å². The highest BCUT2D eigenvalue weighted by Gasteiger charge is 2.05. The average molecular weight is 298 g/mol. The van der Waals surface area contributed by atoms with Gasteiger partial charge in [0.1, 0.15) is 11.5 Å². The van der Waals surface area contributed by atoms with E-state index >= 15 is 0 Å². The fourth-order valence-electron chi connectivity index (χ4n) is 2.03. The molecule has 2 aromatic carbocycles. The summed E-state index contributed by atoms with van der Waals surface area (Å²) in [5.74, 6) is 1.11. The molecule has 0 heterocycles. The van der Waals surface area contributed by atoms with Crippen LogP contribution in [0.1, 0.15) is 21.5 Å². The van der Waals surface area contributed by atoms with Gasteiger partial charge in [-0.1, -0.05) is 24.3 Å². The van der Waals surface area contributed by atoms with Crippen molar-refractivity contribution >= 4 is 18.1 Å². The topological polar surface area (TPSA) is 44.8 Å². The van der Waals surface area contributed by atoms with Crippen molar-refractivity contribution in [2.75, 3.05) is 21.3 Å². The Kier molecular flexibility index (Phi) is 5.20. The van der Waals surface area contributed by atoms with Gasteiger partial charge in [-0.2, -0.15) is 0 Å². The molecule has 114 valence electrons. The normalized spacial score (nSPS) is 10.5. The molecule has 22 heavy (non-hydrogen) atoms. The van der Waals surface area contributed by atoms with Crippen LogP contribution in [0.25, 0.3) is 12.2 Å². The summed E-state index contributed by atoms with van der Waals surface area (Å²) in [4.78, 5) is 11.5. The fourth-order valence-corrected chi connectivity index (χ4v) is 2.03. The lowest BCUT2D eigenvalue weighted by Gasteiger charge is -2.07. The highest BCUT2D eigenvalue weighted by molar-refractivity contribution is 5.90. The molecule has 0 saturated heterocycles. The smallest absolute Gasteiger partial charge is 0.337 e. The molecule has 2 rings (SSSR count). The molecule has 0 aliphatic carbocycles. The lowest BCUT2D eigenvalue weighted by molar-refractivity contribution is 0.0600. The molecule has 0 radical (unpaired) electrons. The molecule has 0 aliphatic heterocycles. The number of methoxy groups -OCH3 is 3. The van der Waals surface area contributed by atoms with E-state index in [-0.39, 0.29) is 5.97 Å². The first-order chi connectivity index (χ1) is 10.7. The molecular formula is C18H18O4. The number of hydrogen-bond acceptors (Lipinski definition) is 4. The summed E-state index contributed by atoms with van der Waals surface area (Å²) in [5.41, 5.74) is 2.35. The number of carbonyl (C=O) groups excluding carboxylic acids is 1. The third-order valence-electron chi connectivity index (χ3n) is 3.20. The van der Waals surface area contributed by atoms with Gasteiger partial charge in [0.2, 0.25) is 0 Å². The minimum Gasteiger partial charge on any atom is -0.497 e. The van der Waals surface area contributed by atoms with E-state index in [1.54, 1.807) is 26.4 Å². The lowest BCUT2D eigenvalue weighted by atomic mass is 10.1. The second kappa shape index (κ2) is 7.31. The summed E-state index contributed by atoms with van der Waals surface area (Å²) in [6, 6.07) is 12.8. The van der Waals surface area contributed by atoms with Gasteiger partial charge in [0, 0.05) is 11.6 Å². The van der Waals surface area contributed by atoms with Crippen molar-refractivity contribution in [2.24, 2.45) is 0 Å². The number of hydrogen-bond donors (Lipinski definition) is 0. The summed E-state index contributed by atoms with van der Waals surface area (Å²) in [6.45, 7) is 0. The Morgan fingerprint density at radius 2 is 1.77 bits per heavy atom. The lowest BCUT2D eigenvalue weighted by Crippen LogP contribution is -2.00. The van der Waals surface area contributed by atoms with Crippen LogP contribution in [0.15, 0.2) is 42.5 Å². The first-order valence-corrected chi connectivity index (χ1v) is 6.76. The SMILES string of the molecule is COC(=O)c1cccc(/C=C/c2ccc(OC)cc2OC)c1. The highest BCUT2D eigenvalue weighted by atomic mass is 16.5. The molecule has 0 bridgehead atoms. The van der Waals surface area contributed by atoms with Gasteiger partial charge in [-0.05, 0) is 29.8 Å². The largest absolute Gasteiger partial charge is 0.497 e. The second-order valence-electron chi connectivity index (χ2n) is 4.56. The van der Waals surface area contributed by atoms with Crippen molar-refractivity contribution in [3.05, 3.63) is 59.2 Å². The van der Waals surface area contributed by atoms with Crippen LogP contribution in [0, 0.1) is 0 Å². The van der Waals surface area contributed by atoms with E-state index < -0.39 is 0 Å². The van der Waals surface area contributed by atoms with Crippen molar-refractivity contribution in [3.63, 3.8) is 0 Å². The van der Waals surface area contributed by atoms with Crippen LogP contribution >= 0.6 is 0 Å². The zero-order valence-corrected chi connectivity index (χ0v) is 12.8. The molecule has 0 N–H and O–H groups in total. The summed E-state index contributed by atoms with van der Waals surface area (Å²) in [5, 5.41) is 0. The van der Waals surface area contributed by atoms with Gasteiger partial charge in [-0.25, -0.2) is 4.79 Å². The molecule has 4 heteroatoms. The van der Waals surface area contributed by atoms with Crippen molar-refractivity contribution in [3.8, 4) is 11.5 Å². The van der Waals surface area contributed by atoms with Gasteiger partial charge in [-0.3, -0.25) is 0 Å². The zero-order valence-electron chi connectivity index (χ0n) is 12.8. The van der Waals surface area contributed by atoms with Crippen molar-refractivity contribution in [1.29, 1.82) is 0 Å². The molecule has 0 atom stereocenters. The second-order valence-corrected chi connectivity index (χ2v) is 4.56. The number of benzene rings is 2. The van der Waals surface area contributed by atoms with E-state index in [1.165, 1.54) is 7.11 Å². The third kappa shape index (κ3) is 3.67. The number of ether oxygens (including phenoxy) is 3. The number of carbonyl (C=O) groups is 1. The first kappa shape index (κ1) is 15.6. The molecule has 0 unspecified atom stereocenters. The molecule has 0 aliphatic rings. The Bertz CT molecular complexity index is 689. The summed E-state index contributed by atoms with van der Waals surface area (Å²) in [7, 11) is 4.60. The van der Waals surface area contributed by atoms with Crippen LogP contribution in [0.3, 0.4) is 0 Å². The predicted octanol–water partition coefficient (Wildman–Crippen LogP) is 3.66. The van der Waals surface area contributed by atoms with Crippen LogP contribution in [-0.4, -0.2) is 27.3 Å². The van der Waals surface area contributed by atoms with Crippen LogP contribution < -0.4 is 9.47 Å². The number of esters is 1. The minimum atomic E-state index is -0.350. The molecule has 0 fully saturated rings. The molecule has 2 aromatic rings. The van der Waals surface area contributed by atoms with Gasteiger partial charge in [0.25, 0.3) is 0 Å². The summed E-state index contributed by atoms with van der Waals surface area (Å²) < 4.78 is 15.2. The van der Waals surface area contributed by atoms with Crippen LogP contribution in [0.4, 0.5) is 0 Å². The van der Waals surface area contributed by atoms with Crippen LogP contribution in [0.2, 0.25) is 0 Å². The standard InChI is InChI=1S/C18H18O4/c1-20-16-10-9-14(17(12-16)21-2)8-7-13-5-4-6-15(11-13)18(19)22-3/h4-12H,1-3H3/b8-7+. The van der Waals surface area contributed by atoms with E-state index in [4.69, 9.17) is 14.2 Å². The Morgan fingerprint density at radius 1 is 0.955 bits per heavy atom. The van der Waals surface area contributed by atoms with Crippen molar-refractivity contribution in [1.82, 2.24) is 0 Å². The Labute approximate surface area is 129 Å². The fraction of sp³-hybridized carbons (Fsp3) is 0.167. The molecular weight excluding hydrogens is 280 g/mol. The van der Waals surface area contributed by atoms with Crippen LogP contribution in [0.5, 0.6) is 11.5 Å². The van der Waals surface area contributed by atoms with E-state index in [2.05, 4.69) is 0 Å². The Hall–Kier alpha value is -2.75. The minimum absolute atomic E-state index is 0.350. The maximum absolute atomic E-state index is 11.5. The highest BCUT2D eigenvalue weighted by Crippen LogP contribution is 2.26. The Morgan fingerprint density at radius 3 is 2.45 bits per heavy atom. The summed E-state index contributed by atoms with van der Waals surface area (Å²) >= 11 is 0. The molecule has 0 amide bonds. The number of rotatable bonds is 5. The van der Waals surface area contributed by atoms with E-state index in [0.29, 0.717) is 5.56 Å². The predicted molar refractivity (Wildman–Crippen MR) is 86.3 cm³/mol. The van der Waals surface area contributed by atoms with Gasteiger partial charge < -0.3 is 14.2 Å². The molecule has 0 saturated carbocycles. The maximum Gasteiger partial charge on any atom is 0.337 e. The zero-order chi connectivity index (χ0) is 15.9. The van der Waals surface area contributed by atoms with Gasteiger partial charge in [0.15, 0.2) is 0 Å². The molecule has 0 spiro atoms. The van der Waals surface area contributed by atoms with Crippen LogP contribution in [-0.2, 0) is 4.74 Å². The Balaban J connectivity index is 2.27. The van der Waals surface area contributed by atoms with E-state index in [9.17, 15) is 4.79 Å². The van der Waals surface area contributed by atoms with Gasteiger partial charge in [0.05, 0.1) is 26.9 Å². The third-order valence-corrected chi connectivity index (χ3v) is 3.20. The van der Waals surface area contributed by atoms with Gasteiger partial charge >= 0.3 is 5.97 Å². The quantitative estimate of drug-likeness (QED) is 0.624. The monoisotopic (exact) mass is 298 g/mol. The van der Waals surface area contributed by atoms with Crippen molar-refractivity contribution in [2.45, 2.75) is 0 Å². The maximum atomic E-state index is 11.5. The molecule has 4 nitrogen and oxygen atoms in total.